The van der Waals surface area contributed by atoms with Crippen LogP contribution in [0.25, 0.3) is 0 Å². The maximum Gasteiger partial charge on any atom is 0.174 e. The first-order chi connectivity index (χ1) is 8.49. The first-order valence-electron chi connectivity index (χ1n) is 4.51. The van der Waals surface area contributed by atoms with Crippen molar-refractivity contribution in [3.05, 3.63) is 36.2 Å². The first kappa shape index (κ1) is 14.7. The van der Waals surface area contributed by atoms with E-state index in [1.807, 2.05) is 28.7 Å². The fourth-order valence-corrected chi connectivity index (χ4v) is 2.99. The number of nitrogens with zero attached hydrogens (tertiary/aromatic N) is 3. The van der Waals surface area contributed by atoms with Crippen LogP contribution < -0.4 is 5.73 Å². The normalized spacial score (nSPS) is 11.8. The van der Waals surface area contributed by atoms with Crippen LogP contribution in [0.2, 0.25) is 0 Å². The van der Waals surface area contributed by atoms with Crippen LogP contribution in [0, 0.1) is 29.8 Å². The number of phenolic OH excluding ortho intramolecular Hbond substituents is 1. The molecule has 0 spiro atoms. The summed E-state index contributed by atoms with van der Waals surface area (Å²) in [6, 6.07) is 6.80. The van der Waals surface area contributed by atoms with Crippen LogP contribution >= 0.6 is 45.2 Å². The van der Waals surface area contributed by atoms with Gasteiger partial charge in [-0.25, -0.2) is 4.99 Å². The summed E-state index contributed by atoms with van der Waals surface area (Å²) in [6.07, 6.45) is 1.32. The van der Waals surface area contributed by atoms with Crippen LogP contribution in [0.1, 0.15) is 5.56 Å². The lowest BCUT2D eigenvalue weighted by molar-refractivity contribution is 0.473. The van der Waals surface area contributed by atoms with Crippen molar-refractivity contribution >= 4 is 51.4 Å². The van der Waals surface area contributed by atoms with Crippen molar-refractivity contribution in [2.75, 3.05) is 0 Å². The zero-order chi connectivity index (χ0) is 13.7. The molecule has 0 heterocycles. The average Bonchev–Trinajstić information content (AvgIpc) is 2.31. The quantitative estimate of drug-likeness (QED) is 0.398. The van der Waals surface area contributed by atoms with Crippen molar-refractivity contribution in [1.82, 2.24) is 0 Å². The van der Waals surface area contributed by atoms with Crippen LogP contribution in [-0.4, -0.2) is 11.3 Å². The number of halogens is 2. The minimum atomic E-state index is -0.256. The molecule has 0 aliphatic carbocycles. The Morgan fingerprint density at radius 2 is 2.00 bits per heavy atom. The van der Waals surface area contributed by atoms with Crippen LogP contribution in [-0.2, 0) is 0 Å². The maximum atomic E-state index is 9.76. The maximum absolute atomic E-state index is 9.76. The summed E-state index contributed by atoms with van der Waals surface area (Å²) < 4.78 is 1.67. The van der Waals surface area contributed by atoms with Gasteiger partial charge in [-0.05, 0) is 57.3 Å². The lowest BCUT2D eigenvalue weighted by Gasteiger charge is -2.02. The minimum absolute atomic E-state index is 0.0582. The lowest BCUT2D eigenvalue weighted by atomic mass is 10.2. The Bertz CT molecular complexity index is 600. The Hall–Kier alpha value is -1.33. The van der Waals surface area contributed by atoms with Gasteiger partial charge in [0.25, 0.3) is 0 Å². The van der Waals surface area contributed by atoms with Crippen molar-refractivity contribution in [1.29, 1.82) is 10.5 Å². The fraction of sp³-hybridized carbons (Fsp3) is 0. The van der Waals surface area contributed by atoms with Gasteiger partial charge in [-0.2, -0.15) is 10.5 Å². The van der Waals surface area contributed by atoms with Gasteiger partial charge in [0, 0.05) is 18.9 Å². The first-order valence-corrected chi connectivity index (χ1v) is 6.67. The SMILES string of the molecule is N#C/C(N)=C(/C#N)N=Cc1c(O)cc(I)cc1I. The summed E-state index contributed by atoms with van der Waals surface area (Å²) in [6.45, 7) is 0. The monoisotopic (exact) mass is 464 g/mol. The van der Waals surface area contributed by atoms with Crippen molar-refractivity contribution in [2.24, 2.45) is 10.7 Å². The molecule has 0 amide bonds. The van der Waals surface area contributed by atoms with Gasteiger partial charge in [0.05, 0.1) is 0 Å². The highest BCUT2D eigenvalue weighted by Gasteiger charge is 2.06. The molecular formula is C11H6I2N4O. The van der Waals surface area contributed by atoms with Crippen LogP contribution in [0.15, 0.2) is 28.5 Å². The van der Waals surface area contributed by atoms with Gasteiger partial charge in [-0.3, -0.25) is 0 Å². The molecule has 90 valence electrons. The predicted octanol–water partition coefficient (Wildman–Crippen LogP) is 2.24. The van der Waals surface area contributed by atoms with Gasteiger partial charge >= 0.3 is 0 Å². The standard InChI is InChI=1S/C11H6I2N4O/c12-6-1-8(13)7(11(18)2-6)5-17-10(4-15)9(16)3-14/h1-2,5,18H,16H2/b10-9+,17-5?. The molecule has 0 saturated carbocycles. The molecule has 0 aliphatic rings. The highest BCUT2D eigenvalue weighted by atomic mass is 127. The van der Waals surface area contributed by atoms with E-state index in [0.717, 1.165) is 7.14 Å². The Morgan fingerprint density at radius 3 is 2.50 bits per heavy atom. The third kappa shape index (κ3) is 3.58. The van der Waals surface area contributed by atoms with Gasteiger partial charge in [0.15, 0.2) is 5.70 Å². The third-order valence-electron chi connectivity index (χ3n) is 1.88. The Balaban J connectivity index is 3.22. The summed E-state index contributed by atoms with van der Waals surface area (Å²) in [4.78, 5) is 3.81. The number of benzene rings is 1. The molecule has 0 atom stereocenters. The smallest absolute Gasteiger partial charge is 0.174 e. The number of hydrogen-bond acceptors (Lipinski definition) is 5. The molecule has 0 aromatic heterocycles. The highest BCUT2D eigenvalue weighted by molar-refractivity contribution is 14.1. The van der Waals surface area contributed by atoms with E-state index in [2.05, 4.69) is 27.6 Å². The number of aliphatic imine (C=N–C) groups is 1. The number of rotatable bonds is 2. The van der Waals surface area contributed by atoms with Crippen molar-refractivity contribution in [3.8, 4) is 17.9 Å². The zero-order valence-electron chi connectivity index (χ0n) is 8.85. The number of aromatic hydroxyl groups is 1. The second kappa shape index (κ2) is 6.56. The number of nitriles is 2. The second-order valence-corrected chi connectivity index (χ2v) is 5.47. The second-order valence-electron chi connectivity index (χ2n) is 3.06. The molecule has 18 heavy (non-hydrogen) atoms. The van der Waals surface area contributed by atoms with Gasteiger partial charge in [0.2, 0.25) is 0 Å². The third-order valence-corrected chi connectivity index (χ3v) is 3.39. The number of allylic oxidation sites excluding steroid dienone is 2. The van der Waals surface area contributed by atoms with Crippen LogP contribution in [0.5, 0.6) is 5.75 Å². The number of nitrogens with two attached hydrogens (primary N) is 1. The molecule has 0 saturated heterocycles. The molecule has 0 aliphatic heterocycles. The van der Waals surface area contributed by atoms with E-state index in [9.17, 15) is 5.11 Å². The molecule has 5 nitrogen and oxygen atoms in total. The summed E-state index contributed by atoms with van der Waals surface area (Å²) in [5, 5.41) is 27.1. The fourth-order valence-electron chi connectivity index (χ4n) is 1.04. The van der Waals surface area contributed by atoms with Gasteiger partial charge in [0.1, 0.15) is 23.6 Å². The topological polar surface area (TPSA) is 106 Å². The summed E-state index contributed by atoms with van der Waals surface area (Å²) in [7, 11) is 0. The van der Waals surface area contributed by atoms with Gasteiger partial charge in [-0.1, -0.05) is 0 Å². The molecule has 3 N–H and O–H groups in total. The van der Waals surface area contributed by atoms with E-state index in [0.29, 0.717) is 5.56 Å². The zero-order valence-corrected chi connectivity index (χ0v) is 13.2. The van der Waals surface area contributed by atoms with Crippen molar-refractivity contribution in [2.45, 2.75) is 0 Å². The number of phenols is 1. The molecule has 7 heteroatoms. The molecular weight excluding hydrogens is 458 g/mol. The molecule has 0 radical (unpaired) electrons. The van der Waals surface area contributed by atoms with Gasteiger partial charge < -0.3 is 10.8 Å². The number of hydrogen-bond donors (Lipinski definition) is 2. The van der Waals surface area contributed by atoms with E-state index in [4.69, 9.17) is 16.3 Å². The van der Waals surface area contributed by atoms with E-state index in [1.165, 1.54) is 6.21 Å². The lowest BCUT2D eigenvalue weighted by Crippen LogP contribution is -1.98. The Kier molecular flexibility index (Phi) is 5.37. The summed E-state index contributed by atoms with van der Waals surface area (Å²) in [5.74, 6) is 0.0582. The van der Waals surface area contributed by atoms with E-state index in [1.54, 1.807) is 18.2 Å². The Morgan fingerprint density at radius 1 is 1.33 bits per heavy atom. The highest BCUT2D eigenvalue weighted by Crippen LogP contribution is 2.24. The molecule has 0 fully saturated rings. The van der Waals surface area contributed by atoms with Crippen LogP contribution in [0.3, 0.4) is 0 Å². The van der Waals surface area contributed by atoms with E-state index < -0.39 is 0 Å². The molecule has 0 unspecified atom stereocenters. The molecule has 0 bridgehead atoms. The minimum Gasteiger partial charge on any atom is -0.507 e. The van der Waals surface area contributed by atoms with E-state index >= 15 is 0 Å². The molecule has 1 aromatic carbocycles. The van der Waals surface area contributed by atoms with Crippen molar-refractivity contribution < 1.29 is 5.11 Å². The summed E-state index contributed by atoms with van der Waals surface area (Å²) in [5.41, 5.74) is 5.36. The predicted molar refractivity (Wildman–Crippen MR) is 83.6 cm³/mol. The summed E-state index contributed by atoms with van der Waals surface area (Å²) >= 11 is 4.13. The molecule has 1 rings (SSSR count). The largest absolute Gasteiger partial charge is 0.507 e. The van der Waals surface area contributed by atoms with Crippen molar-refractivity contribution in [3.63, 3.8) is 0 Å². The van der Waals surface area contributed by atoms with Gasteiger partial charge in [-0.15, -0.1) is 0 Å². The molecule has 1 aromatic rings. The van der Waals surface area contributed by atoms with Crippen LogP contribution in [0.4, 0.5) is 0 Å². The average molecular weight is 464 g/mol. The Labute approximate surface area is 131 Å². The van der Waals surface area contributed by atoms with E-state index in [-0.39, 0.29) is 17.1 Å².